The number of phenols is 1. The summed E-state index contributed by atoms with van der Waals surface area (Å²) in [4.78, 5) is 13.8. The lowest BCUT2D eigenvalue weighted by Gasteiger charge is -2.04. The summed E-state index contributed by atoms with van der Waals surface area (Å²) in [5, 5.41) is 9.65. The zero-order chi connectivity index (χ0) is 13.3. The lowest BCUT2D eigenvalue weighted by atomic mass is 10.2. The second-order valence-electron chi connectivity index (χ2n) is 3.67. The van der Waals surface area contributed by atoms with E-state index < -0.39 is 0 Å². The zero-order valence-electron chi connectivity index (χ0n) is 9.84. The van der Waals surface area contributed by atoms with Gasteiger partial charge in [0.25, 0.3) is 5.91 Å². The Morgan fingerprint density at radius 1 is 1.50 bits per heavy atom. The van der Waals surface area contributed by atoms with Gasteiger partial charge in [0.15, 0.2) is 11.5 Å². The second-order valence-corrected chi connectivity index (χ2v) is 5.35. The van der Waals surface area contributed by atoms with E-state index in [1.807, 2.05) is 0 Å². The molecule has 2 rings (SSSR count). The summed E-state index contributed by atoms with van der Waals surface area (Å²) in [7, 11) is 3.13. The van der Waals surface area contributed by atoms with Gasteiger partial charge in [0.2, 0.25) is 0 Å². The number of nitrogens with zero attached hydrogens (tertiary/aromatic N) is 1. The molecule has 1 aliphatic heterocycles. The maximum atomic E-state index is 11.8. The quantitative estimate of drug-likeness (QED) is 0.665. The van der Waals surface area contributed by atoms with Gasteiger partial charge in [-0.25, -0.2) is 0 Å². The number of hydrogen-bond donors (Lipinski definition) is 1. The van der Waals surface area contributed by atoms with E-state index in [9.17, 15) is 9.90 Å². The number of thioether (sulfide) groups is 1. The van der Waals surface area contributed by atoms with Crippen molar-refractivity contribution < 1.29 is 14.6 Å². The molecule has 1 amide bonds. The summed E-state index contributed by atoms with van der Waals surface area (Å²) >= 11 is 6.28. The van der Waals surface area contributed by atoms with Gasteiger partial charge >= 0.3 is 0 Å². The lowest BCUT2D eigenvalue weighted by Crippen LogP contribution is -2.22. The average Bonchev–Trinajstić information content (AvgIpc) is 2.57. The molecule has 0 bridgehead atoms. The normalized spacial score (nSPS) is 17.7. The highest BCUT2D eigenvalue weighted by Crippen LogP contribution is 2.33. The molecule has 1 N–H and O–H groups in total. The first kappa shape index (κ1) is 12.9. The highest BCUT2D eigenvalue weighted by molar-refractivity contribution is 8.26. The van der Waals surface area contributed by atoms with Crippen molar-refractivity contribution in [1.82, 2.24) is 4.90 Å². The van der Waals surface area contributed by atoms with E-state index in [-0.39, 0.29) is 11.7 Å². The molecule has 0 spiro atoms. The second kappa shape index (κ2) is 4.99. The van der Waals surface area contributed by atoms with Crippen LogP contribution >= 0.6 is 24.0 Å². The van der Waals surface area contributed by atoms with Gasteiger partial charge in [-0.3, -0.25) is 9.69 Å². The van der Waals surface area contributed by atoms with E-state index in [0.29, 0.717) is 15.0 Å². The third kappa shape index (κ3) is 2.34. The molecular weight excluding hydrogens is 270 g/mol. The van der Waals surface area contributed by atoms with Crippen molar-refractivity contribution >= 4 is 40.3 Å². The molecule has 6 heteroatoms. The van der Waals surface area contributed by atoms with E-state index in [4.69, 9.17) is 17.0 Å². The van der Waals surface area contributed by atoms with Gasteiger partial charge in [0.05, 0.1) is 12.0 Å². The molecule has 0 radical (unpaired) electrons. The lowest BCUT2D eigenvalue weighted by molar-refractivity contribution is -0.121. The molecule has 1 aromatic carbocycles. The molecule has 1 aliphatic rings. The summed E-state index contributed by atoms with van der Waals surface area (Å²) < 4.78 is 5.48. The Hall–Kier alpha value is -1.53. The minimum Gasteiger partial charge on any atom is -0.504 e. The summed E-state index contributed by atoms with van der Waals surface area (Å²) in [5.74, 6) is 0.314. The number of thiocarbonyl (C=S) groups is 1. The Kier molecular flexibility index (Phi) is 3.58. The van der Waals surface area contributed by atoms with Crippen LogP contribution in [0.3, 0.4) is 0 Å². The van der Waals surface area contributed by atoms with E-state index in [2.05, 4.69) is 0 Å². The zero-order valence-corrected chi connectivity index (χ0v) is 11.5. The van der Waals surface area contributed by atoms with E-state index in [1.165, 1.54) is 23.8 Å². The molecule has 0 saturated carbocycles. The number of hydrogen-bond acceptors (Lipinski definition) is 5. The summed E-state index contributed by atoms with van der Waals surface area (Å²) in [5.41, 5.74) is 0.724. The molecule has 0 aromatic heterocycles. The van der Waals surface area contributed by atoms with Crippen molar-refractivity contribution in [3.8, 4) is 11.5 Å². The van der Waals surface area contributed by atoms with Gasteiger partial charge in [0, 0.05) is 7.05 Å². The maximum Gasteiger partial charge on any atom is 0.265 e. The van der Waals surface area contributed by atoms with Crippen LogP contribution in [0.4, 0.5) is 0 Å². The first-order chi connectivity index (χ1) is 8.52. The van der Waals surface area contributed by atoms with Crippen LogP contribution in [0.25, 0.3) is 6.08 Å². The van der Waals surface area contributed by atoms with Crippen LogP contribution in [0.2, 0.25) is 0 Å². The Bertz CT molecular complexity index is 554. The van der Waals surface area contributed by atoms with Crippen LogP contribution in [-0.2, 0) is 4.79 Å². The number of likely N-dealkylation sites (N-methyl/N-ethyl adjacent to an activating group) is 1. The van der Waals surface area contributed by atoms with E-state index in [1.54, 1.807) is 31.3 Å². The van der Waals surface area contributed by atoms with Crippen molar-refractivity contribution in [2.75, 3.05) is 14.2 Å². The maximum absolute atomic E-state index is 11.8. The van der Waals surface area contributed by atoms with Crippen molar-refractivity contribution in [1.29, 1.82) is 0 Å². The summed E-state index contributed by atoms with van der Waals surface area (Å²) in [6.07, 6.45) is 1.70. The SMILES string of the molecule is COc1ccc(/C=C2\SC(=S)N(C)C2=O)cc1O. The van der Waals surface area contributed by atoms with Crippen LogP contribution in [0.5, 0.6) is 11.5 Å². The first-order valence-corrected chi connectivity index (χ1v) is 6.34. The predicted molar refractivity (Wildman–Crippen MR) is 75.6 cm³/mol. The first-order valence-electron chi connectivity index (χ1n) is 5.11. The third-order valence-electron chi connectivity index (χ3n) is 2.49. The fraction of sp³-hybridized carbons (Fsp3) is 0.167. The Morgan fingerprint density at radius 2 is 2.22 bits per heavy atom. The number of rotatable bonds is 2. The van der Waals surface area contributed by atoms with Gasteiger partial charge in [0.1, 0.15) is 4.32 Å². The molecule has 94 valence electrons. The van der Waals surface area contributed by atoms with Crippen molar-refractivity contribution in [2.45, 2.75) is 0 Å². The van der Waals surface area contributed by atoms with Gasteiger partial charge in [-0.15, -0.1) is 0 Å². The number of carbonyl (C=O) groups excluding carboxylic acids is 1. The van der Waals surface area contributed by atoms with E-state index in [0.717, 1.165) is 5.56 Å². The highest BCUT2D eigenvalue weighted by Gasteiger charge is 2.28. The van der Waals surface area contributed by atoms with Gasteiger partial charge < -0.3 is 9.84 Å². The smallest absolute Gasteiger partial charge is 0.265 e. The monoisotopic (exact) mass is 281 g/mol. The largest absolute Gasteiger partial charge is 0.504 e. The number of ether oxygens (including phenoxy) is 1. The van der Waals surface area contributed by atoms with Crippen molar-refractivity contribution in [3.05, 3.63) is 28.7 Å². The summed E-state index contributed by atoms with van der Waals surface area (Å²) in [6.45, 7) is 0. The van der Waals surface area contributed by atoms with Crippen LogP contribution in [0, 0.1) is 0 Å². The fourth-order valence-corrected chi connectivity index (χ4v) is 2.67. The number of phenolic OH excluding ortho intramolecular Hbond substituents is 1. The molecule has 18 heavy (non-hydrogen) atoms. The minimum atomic E-state index is -0.125. The minimum absolute atomic E-state index is 0.0400. The Balaban J connectivity index is 2.32. The number of benzene rings is 1. The molecule has 1 heterocycles. The molecule has 0 unspecified atom stereocenters. The van der Waals surface area contributed by atoms with Gasteiger partial charge in [-0.2, -0.15) is 0 Å². The molecule has 1 saturated heterocycles. The van der Waals surface area contributed by atoms with Crippen LogP contribution in [0.15, 0.2) is 23.1 Å². The number of amides is 1. The number of methoxy groups -OCH3 is 1. The van der Waals surface area contributed by atoms with Crippen molar-refractivity contribution in [2.24, 2.45) is 0 Å². The predicted octanol–water partition coefficient (Wildman–Crippen LogP) is 2.23. The van der Waals surface area contributed by atoms with Gasteiger partial charge in [-0.05, 0) is 23.8 Å². The molecule has 4 nitrogen and oxygen atoms in total. The Morgan fingerprint density at radius 3 is 2.72 bits per heavy atom. The standard InChI is InChI=1S/C12H11NO3S2/c1-13-11(15)10(18-12(13)17)6-7-3-4-9(16-2)8(14)5-7/h3-6,14H,1-2H3/b10-6-. The van der Waals surface area contributed by atoms with Crippen molar-refractivity contribution in [3.63, 3.8) is 0 Å². The Labute approximate surface area is 114 Å². The third-order valence-corrected chi connectivity index (χ3v) is 3.97. The van der Waals surface area contributed by atoms with Crippen LogP contribution in [-0.4, -0.2) is 34.4 Å². The summed E-state index contributed by atoms with van der Waals surface area (Å²) in [6, 6.07) is 4.95. The molecule has 1 aromatic rings. The molecule has 0 atom stereocenters. The number of carbonyl (C=O) groups is 1. The molecular formula is C12H11NO3S2. The van der Waals surface area contributed by atoms with Crippen LogP contribution < -0.4 is 4.74 Å². The molecule has 0 aliphatic carbocycles. The van der Waals surface area contributed by atoms with E-state index >= 15 is 0 Å². The van der Waals surface area contributed by atoms with Gasteiger partial charge in [-0.1, -0.05) is 30.0 Å². The molecule has 1 fully saturated rings. The highest BCUT2D eigenvalue weighted by atomic mass is 32.2. The van der Waals surface area contributed by atoms with Crippen LogP contribution in [0.1, 0.15) is 5.56 Å². The number of aromatic hydroxyl groups is 1. The average molecular weight is 281 g/mol. The topological polar surface area (TPSA) is 49.8 Å². The fourth-order valence-electron chi connectivity index (χ4n) is 1.49.